The molecule has 7 amide bonds. The quantitative estimate of drug-likeness (QED) is 0.125. The molecule has 47 heavy (non-hydrogen) atoms. The van der Waals surface area contributed by atoms with Crippen LogP contribution in [0.4, 0.5) is 9.59 Å². The monoisotopic (exact) mass is 694 g/mol. The van der Waals surface area contributed by atoms with Gasteiger partial charge in [0.1, 0.15) is 28.8 Å². The third-order valence-corrected chi connectivity index (χ3v) is 9.43. The number of nitrogens with one attached hydrogen (secondary N) is 3. The maximum Gasteiger partial charge on any atom is 0.355 e. The van der Waals surface area contributed by atoms with Gasteiger partial charge in [0.05, 0.1) is 19.3 Å². The Hall–Kier alpha value is -4.65. The fraction of sp³-hybridized carbons (Fsp3) is 0.464. The number of benzene rings is 1. The molecule has 19 heteroatoms. The Morgan fingerprint density at radius 1 is 1.09 bits per heavy atom. The van der Waals surface area contributed by atoms with Crippen molar-refractivity contribution in [1.29, 1.82) is 0 Å². The standard InChI is InChI=1S/C28H34N6O11S2/c1-15(36)44-22(29-14-35)17-13-46-24-19(23(38)34(24)20(17)25(39)45-28(2,3)4)30-21(37)18(16-9-7-6-8-10-16)31-26(40)32-11-12-33(27(32)41)47(5,42)43/h6-10,14,18-19,22,24H,11-13H2,1-5H3,(H,29,35)(H,30,37)(H,31,40)/t18?,19-,22?,24-/m1/s1. The van der Waals surface area contributed by atoms with Crippen molar-refractivity contribution in [2.24, 2.45) is 0 Å². The first-order chi connectivity index (χ1) is 21.9. The summed E-state index contributed by atoms with van der Waals surface area (Å²) in [4.78, 5) is 91.2. The van der Waals surface area contributed by atoms with E-state index in [4.69, 9.17) is 9.47 Å². The molecule has 0 spiro atoms. The molecule has 0 bridgehead atoms. The second kappa shape index (κ2) is 13.6. The number of hydrogen-bond acceptors (Lipinski definition) is 12. The Balaban J connectivity index is 1.59. The third kappa shape index (κ3) is 7.67. The highest BCUT2D eigenvalue weighted by Gasteiger charge is 2.56. The molecule has 0 aromatic heterocycles. The average Bonchev–Trinajstić information content (AvgIpc) is 3.38. The van der Waals surface area contributed by atoms with Crippen molar-refractivity contribution < 1.29 is 51.5 Å². The number of amides is 7. The molecule has 0 radical (unpaired) electrons. The number of carbonyl (C=O) groups is 7. The zero-order chi connectivity index (χ0) is 34.8. The van der Waals surface area contributed by atoms with Crippen LogP contribution in [0.2, 0.25) is 0 Å². The van der Waals surface area contributed by atoms with Crippen LogP contribution in [0.15, 0.2) is 41.6 Å². The van der Waals surface area contributed by atoms with Crippen molar-refractivity contribution in [1.82, 2.24) is 30.1 Å². The Morgan fingerprint density at radius 3 is 2.30 bits per heavy atom. The first kappa shape index (κ1) is 35.2. The molecule has 4 rings (SSSR count). The van der Waals surface area contributed by atoms with Crippen molar-refractivity contribution in [2.45, 2.75) is 57.0 Å². The molecule has 3 aliphatic rings. The van der Waals surface area contributed by atoms with Crippen LogP contribution >= 0.6 is 11.8 Å². The normalized spacial score (nSPS) is 20.8. The summed E-state index contributed by atoms with van der Waals surface area (Å²) in [5, 5.41) is 6.55. The second-order valence-electron chi connectivity index (χ2n) is 11.6. The number of β-lactam (4-membered cyclic amide) rings is 1. The highest BCUT2D eigenvalue weighted by atomic mass is 32.2. The van der Waals surface area contributed by atoms with Gasteiger partial charge in [0.25, 0.3) is 5.91 Å². The van der Waals surface area contributed by atoms with E-state index in [0.29, 0.717) is 14.8 Å². The van der Waals surface area contributed by atoms with E-state index in [1.165, 1.54) is 12.1 Å². The number of imide groups is 1. The van der Waals surface area contributed by atoms with E-state index < -0.39 is 75.1 Å². The lowest BCUT2D eigenvalue weighted by Crippen LogP contribution is -2.71. The Labute approximate surface area is 274 Å². The number of thioether (sulfide) groups is 1. The molecule has 2 fully saturated rings. The molecular formula is C28H34N6O11S2. The SMILES string of the molecule is CC(=O)OC(NC=O)C1=C(C(=O)OC(C)(C)C)N2C(=O)[C@@H](NC(=O)C(NC(=O)N3CCN(S(C)(=O)=O)C3=O)c3ccccc3)[C@H]2SC1. The first-order valence-corrected chi connectivity index (χ1v) is 17.1. The van der Waals surface area contributed by atoms with Crippen LogP contribution in [0.3, 0.4) is 0 Å². The van der Waals surface area contributed by atoms with Crippen LogP contribution < -0.4 is 16.0 Å². The van der Waals surface area contributed by atoms with Crippen LogP contribution in [0.5, 0.6) is 0 Å². The van der Waals surface area contributed by atoms with Gasteiger partial charge in [0.2, 0.25) is 28.6 Å². The predicted molar refractivity (Wildman–Crippen MR) is 164 cm³/mol. The molecule has 3 aliphatic heterocycles. The van der Waals surface area contributed by atoms with E-state index in [0.717, 1.165) is 29.8 Å². The summed E-state index contributed by atoms with van der Waals surface area (Å²) in [5.74, 6) is -3.25. The fourth-order valence-electron chi connectivity index (χ4n) is 4.99. The number of rotatable bonds is 10. The van der Waals surface area contributed by atoms with Gasteiger partial charge in [0, 0.05) is 18.2 Å². The molecule has 2 unspecified atom stereocenters. The largest absolute Gasteiger partial charge is 0.455 e. The minimum absolute atomic E-state index is 0.0130. The van der Waals surface area contributed by atoms with Gasteiger partial charge in [-0.2, -0.15) is 0 Å². The minimum Gasteiger partial charge on any atom is -0.455 e. The molecule has 1 aromatic rings. The van der Waals surface area contributed by atoms with Crippen LogP contribution in [-0.4, -0.2) is 113 Å². The first-order valence-electron chi connectivity index (χ1n) is 14.2. The zero-order valence-electron chi connectivity index (χ0n) is 26.0. The molecule has 3 heterocycles. The number of sulfonamides is 1. The molecular weight excluding hydrogens is 660 g/mol. The summed E-state index contributed by atoms with van der Waals surface area (Å²) in [6.07, 6.45) is -0.277. The second-order valence-corrected chi connectivity index (χ2v) is 14.6. The summed E-state index contributed by atoms with van der Waals surface area (Å²) in [7, 11) is -3.93. The molecule has 0 saturated carbocycles. The van der Waals surface area contributed by atoms with Crippen LogP contribution in [0.1, 0.15) is 39.3 Å². The van der Waals surface area contributed by atoms with Crippen molar-refractivity contribution >= 4 is 64.0 Å². The number of nitrogens with zero attached hydrogens (tertiary/aromatic N) is 3. The number of fused-ring (bicyclic) bond motifs is 1. The lowest BCUT2D eigenvalue weighted by molar-refractivity contribution is -0.160. The van der Waals surface area contributed by atoms with Crippen molar-refractivity contribution in [3.63, 3.8) is 0 Å². The predicted octanol–water partition coefficient (Wildman–Crippen LogP) is -0.235. The maximum atomic E-state index is 13.7. The fourth-order valence-corrected chi connectivity index (χ4v) is 7.16. The highest BCUT2D eigenvalue weighted by Crippen LogP contribution is 2.42. The zero-order valence-corrected chi connectivity index (χ0v) is 27.7. The van der Waals surface area contributed by atoms with Gasteiger partial charge in [-0.3, -0.25) is 24.1 Å². The highest BCUT2D eigenvalue weighted by molar-refractivity contribution is 8.00. The summed E-state index contributed by atoms with van der Waals surface area (Å²) in [5.41, 5.74) is -0.850. The van der Waals surface area contributed by atoms with Crippen LogP contribution in [-0.2, 0) is 43.5 Å². The van der Waals surface area contributed by atoms with E-state index in [1.54, 1.807) is 39.0 Å². The molecule has 0 aliphatic carbocycles. The maximum absolute atomic E-state index is 13.7. The van der Waals surface area contributed by atoms with Crippen molar-refractivity contribution in [3.8, 4) is 0 Å². The summed E-state index contributed by atoms with van der Waals surface area (Å²) in [6.45, 7) is 5.44. The van der Waals surface area contributed by atoms with Gasteiger partial charge in [-0.05, 0) is 26.3 Å². The Bertz CT molecular complexity index is 1630. The smallest absolute Gasteiger partial charge is 0.355 e. The number of esters is 2. The van der Waals surface area contributed by atoms with Gasteiger partial charge in [0.15, 0.2) is 0 Å². The van der Waals surface area contributed by atoms with E-state index in [-0.39, 0.29) is 36.5 Å². The molecule has 3 N–H and O–H groups in total. The average molecular weight is 695 g/mol. The molecule has 17 nitrogen and oxygen atoms in total. The van der Waals surface area contributed by atoms with Crippen molar-refractivity contribution in [3.05, 3.63) is 47.2 Å². The minimum atomic E-state index is -3.93. The lowest BCUT2D eigenvalue weighted by atomic mass is 10.00. The van der Waals surface area contributed by atoms with E-state index in [9.17, 15) is 42.0 Å². The summed E-state index contributed by atoms with van der Waals surface area (Å²) < 4.78 is 35.1. The molecule has 254 valence electrons. The van der Waals surface area contributed by atoms with E-state index in [2.05, 4.69) is 16.0 Å². The lowest BCUT2D eigenvalue weighted by Gasteiger charge is -2.50. The molecule has 1 aromatic carbocycles. The Morgan fingerprint density at radius 2 is 1.74 bits per heavy atom. The third-order valence-electron chi connectivity index (χ3n) is 6.99. The molecule has 4 atom stereocenters. The van der Waals surface area contributed by atoms with E-state index >= 15 is 0 Å². The van der Waals surface area contributed by atoms with Gasteiger partial charge in [-0.1, -0.05) is 30.3 Å². The van der Waals surface area contributed by atoms with E-state index in [1.807, 2.05) is 0 Å². The Kier molecular flexibility index (Phi) is 10.2. The number of hydrogen-bond donors (Lipinski definition) is 3. The van der Waals surface area contributed by atoms with Crippen LogP contribution in [0.25, 0.3) is 0 Å². The number of ether oxygens (including phenoxy) is 2. The van der Waals surface area contributed by atoms with Gasteiger partial charge in [-0.25, -0.2) is 32.0 Å². The molecule has 2 saturated heterocycles. The summed E-state index contributed by atoms with van der Waals surface area (Å²) in [6, 6.07) is 3.25. The van der Waals surface area contributed by atoms with Crippen molar-refractivity contribution in [2.75, 3.05) is 25.1 Å². The number of carbonyl (C=O) groups excluding carboxylic acids is 7. The number of urea groups is 2. The topological polar surface area (TPSA) is 218 Å². The van der Waals surface area contributed by atoms with Crippen LogP contribution in [0, 0.1) is 0 Å². The van der Waals surface area contributed by atoms with Gasteiger partial charge < -0.3 is 25.4 Å². The van der Waals surface area contributed by atoms with Gasteiger partial charge >= 0.3 is 24.0 Å². The van der Waals surface area contributed by atoms with Gasteiger partial charge in [-0.15, -0.1) is 11.8 Å². The summed E-state index contributed by atoms with van der Waals surface area (Å²) >= 11 is 1.11.